The van der Waals surface area contributed by atoms with E-state index >= 15 is 0 Å². The van der Waals surface area contributed by atoms with Crippen LogP contribution in [0.15, 0.2) is 164 Å². The van der Waals surface area contributed by atoms with Crippen LogP contribution in [-0.2, 0) is 63.0 Å². The topological polar surface area (TPSA) is 46.2 Å². The summed E-state index contributed by atoms with van der Waals surface area (Å²) >= 11 is 6.91. The molecule has 0 saturated carbocycles. The van der Waals surface area contributed by atoms with Crippen molar-refractivity contribution < 1.29 is 23.7 Å². The molecule has 5 unspecified atom stereocenters. The molecular weight excluding hydrogens is 704 g/mol. The van der Waals surface area contributed by atoms with Gasteiger partial charge in [-0.05, 0) is 63.4 Å². The van der Waals surface area contributed by atoms with E-state index < -0.39 is 30.5 Å². The van der Waals surface area contributed by atoms with Crippen molar-refractivity contribution in [1.29, 1.82) is 0 Å². The van der Waals surface area contributed by atoms with Gasteiger partial charge < -0.3 is 23.7 Å². The molecule has 282 valence electrons. The van der Waals surface area contributed by atoms with Gasteiger partial charge in [0.25, 0.3) is 0 Å². The lowest BCUT2D eigenvalue weighted by atomic mass is 9.89. The predicted molar refractivity (Wildman–Crippen MR) is 219 cm³/mol. The van der Waals surface area contributed by atoms with E-state index in [0.717, 1.165) is 39.8 Å². The molecule has 1 aliphatic heterocycles. The minimum Gasteiger partial charge on any atom is -0.374 e. The molecule has 0 aliphatic carbocycles. The van der Waals surface area contributed by atoms with Gasteiger partial charge in [-0.2, -0.15) is 0 Å². The minimum atomic E-state index is -0.534. The van der Waals surface area contributed by atoms with Crippen LogP contribution in [0.5, 0.6) is 0 Å². The van der Waals surface area contributed by atoms with Crippen molar-refractivity contribution in [2.75, 3.05) is 6.61 Å². The van der Waals surface area contributed by atoms with Gasteiger partial charge in [0.15, 0.2) is 0 Å². The molecule has 0 amide bonds. The van der Waals surface area contributed by atoms with Crippen LogP contribution >= 0.6 is 11.6 Å². The average Bonchev–Trinajstić information content (AvgIpc) is 3.24. The SMILES string of the molecule is CCc1ccc(Cc2cc(C3OC(COCc4ccccc4)C(OCc4ccccc4)C(OCc4ccccc4)C3OCc3ccccc3)ccc2Cl)cc1. The predicted octanol–water partition coefficient (Wildman–Crippen LogP) is 10.9. The van der Waals surface area contributed by atoms with Gasteiger partial charge in [-0.1, -0.05) is 176 Å². The van der Waals surface area contributed by atoms with Gasteiger partial charge in [0.1, 0.15) is 30.5 Å². The summed E-state index contributed by atoms with van der Waals surface area (Å²) in [4.78, 5) is 0. The Hall–Kier alpha value is -4.59. The Morgan fingerprint density at radius 3 is 1.49 bits per heavy atom. The summed E-state index contributed by atoms with van der Waals surface area (Å²) < 4.78 is 34.4. The van der Waals surface area contributed by atoms with Crippen molar-refractivity contribution in [2.45, 2.75) is 76.7 Å². The first-order valence-electron chi connectivity index (χ1n) is 19.2. The second-order valence-corrected chi connectivity index (χ2v) is 14.5. The summed E-state index contributed by atoms with van der Waals surface area (Å²) in [7, 11) is 0. The Morgan fingerprint density at radius 1 is 0.491 bits per heavy atom. The average molecular weight is 753 g/mol. The highest BCUT2D eigenvalue weighted by Gasteiger charge is 2.49. The molecule has 5 nitrogen and oxygen atoms in total. The van der Waals surface area contributed by atoms with Crippen molar-refractivity contribution in [3.63, 3.8) is 0 Å². The van der Waals surface area contributed by atoms with Gasteiger partial charge in [-0.3, -0.25) is 0 Å². The molecule has 1 aliphatic rings. The van der Waals surface area contributed by atoms with Crippen LogP contribution in [0, 0.1) is 0 Å². The summed E-state index contributed by atoms with van der Waals surface area (Å²) in [5, 5.41) is 0.713. The van der Waals surface area contributed by atoms with Gasteiger partial charge in [-0.15, -0.1) is 0 Å². The minimum absolute atomic E-state index is 0.297. The monoisotopic (exact) mass is 752 g/mol. The molecular formula is C49H49ClO5. The highest BCUT2D eigenvalue weighted by Crippen LogP contribution is 2.40. The number of aryl methyl sites for hydroxylation is 1. The number of benzene rings is 6. The van der Waals surface area contributed by atoms with Crippen LogP contribution in [0.25, 0.3) is 0 Å². The van der Waals surface area contributed by atoms with E-state index in [9.17, 15) is 0 Å². The fraction of sp³-hybridized carbons (Fsp3) is 0.265. The van der Waals surface area contributed by atoms with Crippen LogP contribution in [-0.4, -0.2) is 31.0 Å². The molecule has 0 spiro atoms. The van der Waals surface area contributed by atoms with Gasteiger partial charge >= 0.3 is 0 Å². The van der Waals surface area contributed by atoms with Crippen molar-refractivity contribution in [1.82, 2.24) is 0 Å². The van der Waals surface area contributed by atoms with Gasteiger partial charge in [0, 0.05) is 5.02 Å². The maximum atomic E-state index is 7.17. The lowest BCUT2D eigenvalue weighted by Gasteiger charge is -2.46. The van der Waals surface area contributed by atoms with E-state index in [1.807, 2.05) is 78.9 Å². The fourth-order valence-corrected chi connectivity index (χ4v) is 7.26. The highest BCUT2D eigenvalue weighted by molar-refractivity contribution is 6.31. The van der Waals surface area contributed by atoms with E-state index in [1.165, 1.54) is 11.1 Å². The maximum absolute atomic E-state index is 7.17. The van der Waals surface area contributed by atoms with Crippen LogP contribution in [0.2, 0.25) is 5.02 Å². The molecule has 6 aromatic carbocycles. The smallest absolute Gasteiger partial charge is 0.117 e. The zero-order chi connectivity index (χ0) is 37.7. The summed E-state index contributed by atoms with van der Waals surface area (Å²) in [5.74, 6) is 0. The summed E-state index contributed by atoms with van der Waals surface area (Å²) in [6.07, 6.45) is -0.856. The molecule has 6 aromatic rings. The fourth-order valence-electron chi connectivity index (χ4n) is 7.08. The standard InChI is InChI=1S/C49H49ClO5/c1-2-36-23-25-37(26-24-36)29-43-30-42(27-28-44(43)50)46-48(53-33-40-19-11-5-12-20-40)49(54-34-41-21-13-6-14-22-41)47(52-32-39-17-9-4-10-18-39)45(55-46)35-51-31-38-15-7-3-8-16-38/h3-28,30,45-49H,2,29,31-35H2,1H3. The summed E-state index contributed by atoms with van der Waals surface area (Å²) in [6.45, 7) is 4.05. The van der Waals surface area contributed by atoms with Crippen LogP contribution < -0.4 is 0 Å². The Kier molecular flexibility index (Phi) is 13.9. The third-order valence-electron chi connectivity index (χ3n) is 10.1. The largest absolute Gasteiger partial charge is 0.374 e. The Balaban J connectivity index is 1.25. The first-order chi connectivity index (χ1) is 27.1. The van der Waals surface area contributed by atoms with E-state index in [-0.39, 0.29) is 0 Å². The lowest BCUT2D eigenvalue weighted by molar-refractivity contribution is -0.275. The molecule has 5 atom stereocenters. The zero-order valence-corrected chi connectivity index (χ0v) is 32.1. The summed E-state index contributed by atoms with van der Waals surface area (Å²) in [5.41, 5.74) is 8.77. The van der Waals surface area contributed by atoms with E-state index in [1.54, 1.807) is 0 Å². The molecule has 0 bridgehead atoms. The Bertz CT molecular complexity index is 2010. The maximum Gasteiger partial charge on any atom is 0.117 e. The second kappa shape index (κ2) is 19.8. The molecule has 0 radical (unpaired) electrons. The highest BCUT2D eigenvalue weighted by atomic mass is 35.5. The quantitative estimate of drug-likeness (QED) is 0.0928. The Labute approximate surface area is 330 Å². The van der Waals surface area contributed by atoms with Crippen molar-refractivity contribution >= 4 is 11.6 Å². The Morgan fingerprint density at radius 2 is 0.964 bits per heavy atom. The van der Waals surface area contributed by atoms with E-state index in [2.05, 4.69) is 91.9 Å². The van der Waals surface area contributed by atoms with Crippen LogP contribution in [0.4, 0.5) is 0 Å². The second-order valence-electron chi connectivity index (χ2n) is 14.1. The summed E-state index contributed by atoms with van der Waals surface area (Å²) in [6, 6.07) is 55.8. The number of hydrogen-bond donors (Lipinski definition) is 0. The molecule has 6 heteroatoms. The first kappa shape index (κ1) is 38.7. The molecule has 1 heterocycles. The van der Waals surface area contributed by atoms with Crippen molar-refractivity contribution in [3.8, 4) is 0 Å². The molecule has 55 heavy (non-hydrogen) atoms. The van der Waals surface area contributed by atoms with E-state index in [0.29, 0.717) is 44.5 Å². The van der Waals surface area contributed by atoms with Gasteiger partial charge in [0.2, 0.25) is 0 Å². The number of ether oxygens (including phenoxy) is 5. The molecule has 1 fully saturated rings. The van der Waals surface area contributed by atoms with Gasteiger partial charge in [-0.25, -0.2) is 0 Å². The first-order valence-corrected chi connectivity index (χ1v) is 19.6. The molecule has 7 rings (SSSR count). The third-order valence-corrected chi connectivity index (χ3v) is 10.5. The number of halogens is 1. The number of hydrogen-bond acceptors (Lipinski definition) is 5. The zero-order valence-electron chi connectivity index (χ0n) is 31.3. The van der Waals surface area contributed by atoms with E-state index in [4.69, 9.17) is 35.3 Å². The van der Waals surface area contributed by atoms with Crippen LogP contribution in [0.3, 0.4) is 0 Å². The number of rotatable bonds is 17. The van der Waals surface area contributed by atoms with Gasteiger partial charge in [0.05, 0.1) is 33.0 Å². The lowest BCUT2D eigenvalue weighted by Crippen LogP contribution is -2.58. The normalized spacial score (nSPS) is 19.6. The van der Waals surface area contributed by atoms with Crippen molar-refractivity contribution in [3.05, 3.63) is 213 Å². The molecule has 0 N–H and O–H groups in total. The van der Waals surface area contributed by atoms with Crippen molar-refractivity contribution in [2.24, 2.45) is 0 Å². The molecule has 1 saturated heterocycles. The van der Waals surface area contributed by atoms with Crippen LogP contribution in [0.1, 0.15) is 57.5 Å². The molecule has 0 aromatic heterocycles. The third kappa shape index (κ3) is 10.8.